The zero-order valence-corrected chi connectivity index (χ0v) is 9.84. The molecule has 1 N–H and O–H groups in total. The number of carbonyl (C=O) groups excluding carboxylic acids is 1. The van der Waals surface area contributed by atoms with Gasteiger partial charge in [0.05, 0.1) is 0 Å². The summed E-state index contributed by atoms with van der Waals surface area (Å²) in [5, 5.41) is 1.94. The third-order valence-electron chi connectivity index (χ3n) is 2.41. The second-order valence-corrected chi connectivity index (χ2v) is 4.48. The number of alkyl halides is 7. The second kappa shape index (κ2) is 4.33. The number of carbonyl (C=O) groups is 1. The van der Waals surface area contributed by atoms with E-state index in [1.807, 2.05) is 0 Å². The zero-order valence-electron chi connectivity index (χ0n) is 8.25. The van der Waals surface area contributed by atoms with Crippen LogP contribution in [0.2, 0.25) is 0 Å². The third kappa shape index (κ3) is 3.49. The predicted octanol–water partition coefficient (Wildman–Crippen LogP) is 2.77. The van der Waals surface area contributed by atoms with Crippen LogP contribution in [0, 0.1) is 5.92 Å². The van der Waals surface area contributed by atoms with E-state index in [1.54, 1.807) is 5.32 Å². The maximum Gasteiger partial charge on any atom is 0.409 e. The van der Waals surface area contributed by atoms with E-state index in [9.17, 15) is 31.1 Å². The van der Waals surface area contributed by atoms with E-state index in [4.69, 9.17) is 0 Å². The van der Waals surface area contributed by atoms with E-state index < -0.39 is 29.7 Å². The standard InChI is InChI=1S/C8H8BrF6NO/c9-3-6(1-2-6)16-5(17)4(7(10,11)12)8(13,14)15/h4H,1-3H2,(H,16,17). The van der Waals surface area contributed by atoms with Crippen molar-refractivity contribution in [1.29, 1.82) is 0 Å². The lowest BCUT2D eigenvalue weighted by molar-refractivity contribution is -0.274. The molecular formula is C8H8BrF6NO. The number of halogens is 7. The molecule has 9 heteroatoms. The Morgan fingerprint density at radius 2 is 1.59 bits per heavy atom. The van der Waals surface area contributed by atoms with Crippen molar-refractivity contribution in [2.75, 3.05) is 5.33 Å². The molecule has 0 aromatic heterocycles. The summed E-state index contributed by atoms with van der Waals surface area (Å²) in [6.45, 7) is 0. The Balaban J connectivity index is 2.82. The second-order valence-electron chi connectivity index (χ2n) is 3.92. The number of hydrogen-bond acceptors (Lipinski definition) is 1. The van der Waals surface area contributed by atoms with Crippen LogP contribution in [0.3, 0.4) is 0 Å². The highest BCUT2D eigenvalue weighted by atomic mass is 79.9. The Kier molecular flexibility index (Phi) is 3.71. The summed E-state index contributed by atoms with van der Waals surface area (Å²) >= 11 is 2.93. The van der Waals surface area contributed by atoms with Crippen LogP contribution in [0.15, 0.2) is 0 Å². The van der Waals surface area contributed by atoms with Crippen molar-refractivity contribution in [2.45, 2.75) is 30.7 Å². The van der Waals surface area contributed by atoms with Crippen molar-refractivity contribution in [1.82, 2.24) is 5.32 Å². The number of rotatable bonds is 3. The van der Waals surface area contributed by atoms with Crippen LogP contribution in [-0.2, 0) is 4.79 Å². The molecule has 2 nitrogen and oxygen atoms in total. The summed E-state index contributed by atoms with van der Waals surface area (Å²) in [4.78, 5) is 11.1. The van der Waals surface area contributed by atoms with Gasteiger partial charge in [0.1, 0.15) is 0 Å². The predicted molar refractivity (Wildman–Crippen MR) is 49.5 cm³/mol. The van der Waals surface area contributed by atoms with E-state index in [0.717, 1.165) is 0 Å². The fourth-order valence-corrected chi connectivity index (χ4v) is 1.96. The molecule has 0 spiro atoms. The van der Waals surface area contributed by atoms with Crippen molar-refractivity contribution in [2.24, 2.45) is 5.92 Å². The SMILES string of the molecule is O=C(NC1(CBr)CC1)C(C(F)(F)F)C(F)(F)F. The van der Waals surface area contributed by atoms with Crippen molar-refractivity contribution >= 4 is 21.8 Å². The fourth-order valence-electron chi connectivity index (χ4n) is 1.26. The first-order chi connectivity index (χ1) is 7.52. The minimum Gasteiger partial charge on any atom is -0.349 e. The van der Waals surface area contributed by atoms with Gasteiger partial charge in [0.25, 0.3) is 0 Å². The molecule has 100 valence electrons. The highest BCUT2D eigenvalue weighted by molar-refractivity contribution is 9.09. The molecule has 0 aromatic carbocycles. The van der Waals surface area contributed by atoms with E-state index in [1.165, 1.54) is 0 Å². The third-order valence-corrected chi connectivity index (χ3v) is 3.49. The van der Waals surface area contributed by atoms with Gasteiger partial charge < -0.3 is 5.32 Å². The van der Waals surface area contributed by atoms with Gasteiger partial charge in [-0.3, -0.25) is 4.79 Å². The molecule has 1 rings (SSSR count). The van der Waals surface area contributed by atoms with E-state index in [-0.39, 0.29) is 5.33 Å². The Hall–Kier alpha value is -0.470. The Morgan fingerprint density at radius 3 is 1.82 bits per heavy atom. The van der Waals surface area contributed by atoms with Crippen LogP contribution in [0.5, 0.6) is 0 Å². The number of amides is 1. The summed E-state index contributed by atoms with van der Waals surface area (Å²) in [5.74, 6) is -6.01. The average Bonchev–Trinajstić information content (AvgIpc) is 2.79. The monoisotopic (exact) mass is 327 g/mol. The summed E-state index contributed by atoms with van der Waals surface area (Å²) < 4.78 is 73.0. The van der Waals surface area contributed by atoms with Gasteiger partial charge in [-0.15, -0.1) is 0 Å². The Morgan fingerprint density at radius 1 is 1.18 bits per heavy atom. The van der Waals surface area contributed by atoms with Gasteiger partial charge in [0.2, 0.25) is 11.8 Å². The molecule has 0 radical (unpaired) electrons. The van der Waals surface area contributed by atoms with Gasteiger partial charge in [-0.25, -0.2) is 0 Å². The van der Waals surface area contributed by atoms with Crippen LogP contribution in [0.1, 0.15) is 12.8 Å². The maximum absolute atomic E-state index is 12.2. The van der Waals surface area contributed by atoms with Crippen LogP contribution in [0.4, 0.5) is 26.3 Å². The molecule has 1 aliphatic carbocycles. The lowest BCUT2D eigenvalue weighted by Crippen LogP contribution is -2.51. The highest BCUT2D eigenvalue weighted by Gasteiger charge is 2.62. The topological polar surface area (TPSA) is 29.1 Å². The normalized spacial score (nSPS) is 19.3. The molecule has 0 unspecified atom stereocenters. The molecule has 1 saturated carbocycles. The summed E-state index contributed by atoms with van der Waals surface area (Å²) in [6.07, 6.45) is -10.5. The molecule has 0 bridgehead atoms. The van der Waals surface area contributed by atoms with Crippen molar-refractivity contribution in [3.63, 3.8) is 0 Å². The Labute approximate surface area is 101 Å². The lowest BCUT2D eigenvalue weighted by atomic mass is 10.1. The van der Waals surface area contributed by atoms with Gasteiger partial charge >= 0.3 is 12.4 Å². The minimum atomic E-state index is -5.63. The van der Waals surface area contributed by atoms with Crippen molar-refractivity contribution in [3.8, 4) is 0 Å². The molecule has 0 aromatic rings. The van der Waals surface area contributed by atoms with Crippen LogP contribution in [-0.4, -0.2) is 29.1 Å². The first-order valence-electron chi connectivity index (χ1n) is 4.53. The van der Waals surface area contributed by atoms with Crippen molar-refractivity contribution in [3.05, 3.63) is 0 Å². The molecule has 1 amide bonds. The summed E-state index contributed by atoms with van der Waals surface area (Å²) in [5.41, 5.74) is -0.953. The van der Waals surface area contributed by atoms with Crippen LogP contribution in [0.25, 0.3) is 0 Å². The molecule has 0 atom stereocenters. The fraction of sp³-hybridized carbons (Fsp3) is 0.875. The highest BCUT2D eigenvalue weighted by Crippen LogP contribution is 2.42. The molecule has 0 saturated heterocycles. The van der Waals surface area contributed by atoms with Gasteiger partial charge in [-0.2, -0.15) is 26.3 Å². The van der Waals surface area contributed by atoms with Gasteiger partial charge in [0, 0.05) is 10.9 Å². The zero-order chi connectivity index (χ0) is 13.5. The summed E-state index contributed by atoms with van der Waals surface area (Å²) in [6, 6.07) is 0. The van der Waals surface area contributed by atoms with Crippen molar-refractivity contribution < 1.29 is 31.1 Å². The lowest BCUT2D eigenvalue weighted by Gasteiger charge is -2.24. The van der Waals surface area contributed by atoms with Gasteiger partial charge in [0.15, 0.2) is 0 Å². The van der Waals surface area contributed by atoms with Gasteiger partial charge in [-0.05, 0) is 12.8 Å². The van der Waals surface area contributed by atoms with Crippen LogP contribution < -0.4 is 5.32 Å². The van der Waals surface area contributed by atoms with Crippen LogP contribution >= 0.6 is 15.9 Å². The average molecular weight is 328 g/mol. The molecule has 0 aliphatic heterocycles. The maximum atomic E-state index is 12.2. The molecule has 0 heterocycles. The van der Waals surface area contributed by atoms with E-state index >= 15 is 0 Å². The minimum absolute atomic E-state index is 0.133. The molecule has 1 aliphatic rings. The summed E-state index contributed by atoms with van der Waals surface area (Å²) in [7, 11) is 0. The quantitative estimate of drug-likeness (QED) is 0.626. The van der Waals surface area contributed by atoms with E-state index in [0.29, 0.717) is 12.8 Å². The largest absolute Gasteiger partial charge is 0.409 e. The molecule has 1 fully saturated rings. The molecule has 17 heavy (non-hydrogen) atoms. The Bertz CT molecular complexity index is 294. The number of hydrogen-bond donors (Lipinski definition) is 1. The first kappa shape index (κ1) is 14.6. The van der Waals surface area contributed by atoms with E-state index in [2.05, 4.69) is 15.9 Å². The smallest absolute Gasteiger partial charge is 0.349 e. The van der Waals surface area contributed by atoms with Gasteiger partial charge in [-0.1, -0.05) is 15.9 Å². The first-order valence-corrected chi connectivity index (χ1v) is 5.65. The molecular weight excluding hydrogens is 320 g/mol. The number of nitrogens with one attached hydrogen (secondary N) is 1.